The number of nitrogens with zero attached hydrogens (tertiary/aromatic N) is 2. The van der Waals surface area contributed by atoms with E-state index in [1.807, 2.05) is 0 Å². The van der Waals surface area contributed by atoms with Gasteiger partial charge in [0, 0.05) is 15.7 Å². The zero-order chi connectivity index (χ0) is 29.3. The first-order valence-electron chi connectivity index (χ1n) is 10.3. The molecule has 0 radical (unpaired) electrons. The van der Waals surface area contributed by atoms with Crippen LogP contribution in [0.3, 0.4) is 0 Å². The van der Waals surface area contributed by atoms with Gasteiger partial charge in [0.15, 0.2) is 0 Å². The highest BCUT2D eigenvalue weighted by molar-refractivity contribution is 9.10. The molecule has 9 nitrogen and oxygen atoms in total. The van der Waals surface area contributed by atoms with E-state index in [2.05, 4.69) is 20.9 Å². The predicted molar refractivity (Wildman–Crippen MR) is 144 cm³/mol. The molecular formula is C22H18BrF4N5O4S3. The predicted octanol–water partition coefficient (Wildman–Crippen LogP) is 5.10. The fraction of sp³-hybridized carbons (Fsp3) is 0.136. The van der Waals surface area contributed by atoms with E-state index in [9.17, 15) is 26.0 Å². The number of carboxylic acids is 1. The van der Waals surface area contributed by atoms with Gasteiger partial charge in [-0.1, -0.05) is 0 Å². The lowest BCUT2D eigenvalue weighted by Gasteiger charge is -2.10. The van der Waals surface area contributed by atoms with E-state index in [0.29, 0.717) is 35.8 Å². The van der Waals surface area contributed by atoms with Crippen molar-refractivity contribution in [3.63, 3.8) is 0 Å². The molecule has 0 amide bonds. The van der Waals surface area contributed by atoms with Crippen LogP contribution < -0.4 is 11.5 Å². The first kappa shape index (κ1) is 30.4. The number of thiophene rings is 1. The third kappa shape index (κ3) is 6.71. The maximum atomic E-state index is 14.3. The molecule has 0 fully saturated rings. The molecule has 2 aromatic carbocycles. The summed E-state index contributed by atoms with van der Waals surface area (Å²) < 4.78 is 75.7. The molecule has 6 N–H and O–H groups in total. The number of halogens is 5. The number of rotatable bonds is 6. The second-order valence-electron chi connectivity index (χ2n) is 7.68. The van der Waals surface area contributed by atoms with Crippen LogP contribution in [0.15, 0.2) is 61.2 Å². The van der Waals surface area contributed by atoms with Crippen LogP contribution in [0, 0.1) is 11.2 Å². The molecule has 17 heteroatoms. The van der Waals surface area contributed by atoms with Crippen LogP contribution in [0.2, 0.25) is 0 Å². The summed E-state index contributed by atoms with van der Waals surface area (Å²) in [5.74, 6) is -3.36. The largest absolute Gasteiger partial charge is 0.490 e. The van der Waals surface area contributed by atoms with Gasteiger partial charge >= 0.3 is 12.1 Å². The van der Waals surface area contributed by atoms with Crippen molar-refractivity contribution in [2.45, 2.75) is 26.7 Å². The highest BCUT2D eigenvalue weighted by atomic mass is 79.9. The summed E-state index contributed by atoms with van der Waals surface area (Å²) in [7, 11) is -3.92. The summed E-state index contributed by atoms with van der Waals surface area (Å²) >= 11 is 5.85. The third-order valence-corrected chi connectivity index (χ3v) is 9.95. The van der Waals surface area contributed by atoms with Crippen molar-refractivity contribution in [2.24, 2.45) is 5.73 Å². The summed E-state index contributed by atoms with van der Waals surface area (Å²) in [5.41, 5.74) is 13.2. The fourth-order valence-corrected chi connectivity index (χ4v) is 7.83. The highest BCUT2D eigenvalue weighted by Gasteiger charge is 2.38. The number of alkyl halides is 3. The average Bonchev–Trinajstić information content (AvgIpc) is 3.47. The van der Waals surface area contributed by atoms with Crippen LogP contribution >= 0.6 is 39.0 Å². The van der Waals surface area contributed by atoms with Gasteiger partial charge < -0.3 is 21.1 Å². The molecule has 2 heterocycles. The van der Waals surface area contributed by atoms with Gasteiger partial charge in [0.25, 0.3) is 0 Å². The lowest BCUT2D eigenvalue weighted by molar-refractivity contribution is -0.192. The van der Waals surface area contributed by atoms with Crippen molar-refractivity contribution in [1.82, 2.24) is 9.55 Å². The molecule has 0 bridgehead atoms. The Balaban J connectivity index is 0.000000532. The molecule has 208 valence electrons. The summed E-state index contributed by atoms with van der Waals surface area (Å²) in [4.78, 5) is 13.8. The Bertz CT molecular complexity index is 1690. The summed E-state index contributed by atoms with van der Waals surface area (Å²) in [5, 5.41) is 14.8. The number of benzene rings is 2. The van der Waals surface area contributed by atoms with Crippen LogP contribution in [0.25, 0.3) is 11.0 Å². The van der Waals surface area contributed by atoms with Gasteiger partial charge in [0.2, 0.25) is 9.84 Å². The van der Waals surface area contributed by atoms with E-state index in [1.165, 1.54) is 54.5 Å². The quantitative estimate of drug-likeness (QED) is 0.0725. The Labute approximate surface area is 235 Å². The number of amidine groups is 1. The molecule has 0 spiro atoms. The molecule has 0 aliphatic carbocycles. The summed E-state index contributed by atoms with van der Waals surface area (Å²) in [6.07, 6.45) is -1.79. The molecule has 2 aromatic heterocycles. The Hall–Kier alpha value is -3.15. The smallest absolute Gasteiger partial charge is 0.475 e. The number of aromatic nitrogens is 2. The topological polar surface area (TPSA) is 165 Å². The van der Waals surface area contributed by atoms with Gasteiger partial charge in [-0.3, -0.25) is 5.41 Å². The Morgan fingerprint density at radius 1 is 1.26 bits per heavy atom. The number of carbonyl (C=O) groups is 1. The van der Waals surface area contributed by atoms with E-state index in [1.54, 1.807) is 10.8 Å². The number of aliphatic carboxylic acids is 1. The molecule has 4 rings (SSSR count). The van der Waals surface area contributed by atoms with Gasteiger partial charge in [-0.25, -0.2) is 22.6 Å². The minimum absolute atomic E-state index is 0.0508. The normalized spacial score (nSPS) is 11.7. The standard InChI is InChI=1S/C20H17BrFN5O2S3.C2HF3O2/c1-30-20-17(7-16(31-20)19(24)25)32(28,29)12-5-13(21)18-15(6-12)27(9-26-18)8-10-4-11(23)2-3-14(10)22;3-2(4,5)1(6)7/h2-7,9H,8,23H2,1H3,(H3,24,25);(H,6,7). The molecule has 0 aliphatic rings. The van der Waals surface area contributed by atoms with Crippen molar-refractivity contribution in [3.8, 4) is 0 Å². The van der Waals surface area contributed by atoms with Crippen LogP contribution in [0.4, 0.5) is 23.2 Å². The number of nitrogens with one attached hydrogen (secondary N) is 1. The fourth-order valence-electron chi connectivity index (χ4n) is 3.22. The number of fused-ring (bicyclic) bond motifs is 1. The molecule has 0 saturated carbocycles. The van der Waals surface area contributed by atoms with Gasteiger partial charge in [-0.15, -0.1) is 23.1 Å². The van der Waals surface area contributed by atoms with Crippen LogP contribution in [0.1, 0.15) is 10.4 Å². The van der Waals surface area contributed by atoms with Gasteiger partial charge in [0.05, 0.1) is 37.3 Å². The van der Waals surface area contributed by atoms with Crippen molar-refractivity contribution in [1.29, 1.82) is 5.41 Å². The number of hydrogen-bond donors (Lipinski definition) is 4. The third-order valence-electron chi connectivity index (χ3n) is 5.02. The van der Waals surface area contributed by atoms with E-state index < -0.39 is 27.8 Å². The molecule has 0 unspecified atom stereocenters. The summed E-state index contributed by atoms with van der Waals surface area (Å²) in [6, 6.07) is 8.74. The number of sulfone groups is 1. The SMILES string of the molecule is CSc1sc(C(=N)N)cc1S(=O)(=O)c1cc(Br)c2ncn(Cc3cc(N)ccc3F)c2c1.O=C(O)C(F)(F)F. The van der Waals surface area contributed by atoms with E-state index in [0.717, 1.165) is 11.3 Å². The number of thioether (sulfide) groups is 1. The number of hydrogen-bond acceptors (Lipinski definition) is 8. The number of nitrogens with two attached hydrogens (primary N) is 2. The second-order valence-corrected chi connectivity index (χ2v) is 12.6. The number of anilines is 1. The Morgan fingerprint density at radius 2 is 1.90 bits per heavy atom. The number of carboxylic acid groups (broad SMARTS) is 1. The van der Waals surface area contributed by atoms with Crippen LogP contribution in [0.5, 0.6) is 0 Å². The first-order chi connectivity index (χ1) is 18.1. The van der Waals surface area contributed by atoms with Crippen LogP contribution in [-0.2, 0) is 21.2 Å². The van der Waals surface area contributed by atoms with E-state index in [-0.39, 0.29) is 22.2 Å². The summed E-state index contributed by atoms with van der Waals surface area (Å²) in [6.45, 7) is 0.131. The average molecular weight is 669 g/mol. The number of nitrogen functional groups attached to an aromatic ring is 2. The molecule has 0 saturated heterocycles. The maximum absolute atomic E-state index is 14.3. The zero-order valence-corrected chi connectivity index (χ0v) is 23.6. The molecule has 0 aliphatic heterocycles. The monoisotopic (exact) mass is 667 g/mol. The molecule has 4 aromatic rings. The van der Waals surface area contributed by atoms with Gasteiger partial charge in [-0.2, -0.15) is 13.2 Å². The van der Waals surface area contributed by atoms with Crippen molar-refractivity contribution < 1.29 is 35.9 Å². The van der Waals surface area contributed by atoms with Crippen molar-refractivity contribution >= 4 is 77.4 Å². The number of imidazole rings is 1. The minimum atomic E-state index is -5.08. The lowest BCUT2D eigenvalue weighted by atomic mass is 10.2. The molecule has 39 heavy (non-hydrogen) atoms. The Morgan fingerprint density at radius 3 is 2.46 bits per heavy atom. The minimum Gasteiger partial charge on any atom is -0.475 e. The highest BCUT2D eigenvalue weighted by Crippen LogP contribution is 2.38. The first-order valence-corrected chi connectivity index (χ1v) is 14.6. The van der Waals surface area contributed by atoms with Gasteiger partial charge in [-0.05, 0) is 58.6 Å². The van der Waals surface area contributed by atoms with Crippen LogP contribution in [-0.4, -0.2) is 47.3 Å². The van der Waals surface area contributed by atoms with Crippen molar-refractivity contribution in [3.05, 3.63) is 63.5 Å². The second kappa shape index (κ2) is 11.5. The zero-order valence-electron chi connectivity index (χ0n) is 19.6. The van der Waals surface area contributed by atoms with E-state index >= 15 is 0 Å². The Kier molecular flexibility index (Phi) is 8.99. The molecule has 0 atom stereocenters. The molecular weight excluding hydrogens is 650 g/mol. The maximum Gasteiger partial charge on any atom is 0.490 e. The van der Waals surface area contributed by atoms with Gasteiger partial charge in [0.1, 0.15) is 17.2 Å². The van der Waals surface area contributed by atoms with E-state index in [4.69, 9.17) is 26.8 Å². The van der Waals surface area contributed by atoms with Crippen molar-refractivity contribution in [2.75, 3.05) is 12.0 Å². The lowest BCUT2D eigenvalue weighted by Crippen LogP contribution is -2.21.